The van der Waals surface area contributed by atoms with E-state index in [4.69, 9.17) is 48.9 Å². The number of rotatable bonds is 6. The second-order valence-corrected chi connectivity index (χ2v) is 23.7. The molecule has 0 unspecified atom stereocenters. The average molecular weight is 1140 g/mol. The fraction of sp³-hybridized carbons (Fsp3) is 0. The van der Waals surface area contributed by atoms with Gasteiger partial charge < -0.3 is 13.7 Å². The van der Waals surface area contributed by atoms with Crippen molar-refractivity contribution in [2.24, 2.45) is 0 Å². The number of hydrogen-bond donors (Lipinski definition) is 0. The highest BCUT2D eigenvalue weighted by Gasteiger charge is 2.39. The molecule has 1 aliphatic rings. The van der Waals surface area contributed by atoms with Crippen LogP contribution in [0.25, 0.3) is 121 Å². The Labute approximate surface area is 504 Å². The fourth-order valence-electron chi connectivity index (χ4n) is 13.9. The van der Waals surface area contributed by atoms with Crippen molar-refractivity contribution in [1.82, 2.24) is 8.80 Å². The molecule has 12 aromatic carbocycles. The average Bonchev–Trinajstić information content (AvgIpc) is 0.941. The van der Waals surface area contributed by atoms with Crippen LogP contribution >= 0.6 is 48.9 Å². The van der Waals surface area contributed by atoms with E-state index in [0.717, 1.165) is 134 Å². The molecule has 8 heteroatoms. The Balaban J connectivity index is 0.932. The number of benzene rings is 12. The quantitative estimate of drug-likeness (QED) is 0.0710. The summed E-state index contributed by atoms with van der Waals surface area (Å²) in [5.74, 6) is 0. The second kappa shape index (κ2) is 19.0. The van der Waals surface area contributed by atoms with Crippen LogP contribution in [0.3, 0.4) is 0 Å². The zero-order valence-corrected chi connectivity index (χ0v) is 48.2. The molecule has 4 aromatic heterocycles. The summed E-state index contributed by atoms with van der Waals surface area (Å²) in [7, 11) is 0. The summed E-state index contributed by atoms with van der Waals surface area (Å²) in [6.45, 7) is -0.191. The lowest BCUT2D eigenvalue weighted by molar-refractivity contribution is 1.29. The summed E-state index contributed by atoms with van der Waals surface area (Å²) in [5, 5.41) is 8.26. The van der Waals surface area contributed by atoms with E-state index in [0.29, 0.717) is 0 Å². The molecule has 0 saturated carbocycles. The predicted octanol–water partition coefficient (Wildman–Crippen LogP) is 19.9. The first-order valence-electron chi connectivity index (χ1n) is 28.3. The molecular formula is C76H44BN3S4. The molecule has 0 radical (unpaired) electrons. The van der Waals surface area contributed by atoms with Crippen molar-refractivity contribution in [2.45, 2.75) is 0 Å². The third kappa shape index (κ3) is 7.22. The minimum Gasteiger partial charge on any atom is -0.311 e. The maximum atomic E-state index is 6.50. The van der Waals surface area contributed by atoms with E-state index < -0.39 is 0 Å². The first kappa shape index (κ1) is 49.1. The van der Waals surface area contributed by atoms with Gasteiger partial charge in [0, 0.05) is 60.2 Å². The summed E-state index contributed by atoms with van der Waals surface area (Å²) < 4.78 is 8.08. The van der Waals surface area contributed by atoms with E-state index in [1.54, 1.807) is 0 Å². The third-order valence-corrected chi connectivity index (χ3v) is 19.4. The van der Waals surface area contributed by atoms with Crippen LogP contribution in [0.4, 0.5) is 17.1 Å². The summed E-state index contributed by atoms with van der Waals surface area (Å²) in [5.41, 5.74) is 22.4. The van der Waals surface area contributed by atoms with Gasteiger partial charge >= 0.3 is 0 Å². The van der Waals surface area contributed by atoms with Crippen molar-refractivity contribution in [3.63, 3.8) is 0 Å². The Kier molecular flexibility index (Phi) is 11.1. The van der Waals surface area contributed by atoms with Gasteiger partial charge in [0.25, 0.3) is 0 Å². The van der Waals surface area contributed by atoms with Crippen molar-refractivity contribution in [2.75, 3.05) is 4.90 Å². The van der Waals surface area contributed by atoms with E-state index in [1.165, 1.54) is 38.6 Å². The van der Waals surface area contributed by atoms with Gasteiger partial charge in [-0.25, -0.2) is 0 Å². The molecule has 0 fully saturated rings. The minimum atomic E-state index is -0.191. The van der Waals surface area contributed by atoms with Crippen LogP contribution in [-0.2, 0) is 0 Å². The van der Waals surface area contributed by atoms with Gasteiger partial charge in [-0.3, -0.25) is 0 Å². The van der Waals surface area contributed by atoms with Gasteiger partial charge in [-0.05, 0) is 116 Å². The van der Waals surface area contributed by atoms with E-state index in [2.05, 4.69) is 281 Å². The molecule has 0 N–H and O–H groups in total. The highest BCUT2D eigenvalue weighted by molar-refractivity contribution is 7.72. The summed E-state index contributed by atoms with van der Waals surface area (Å²) in [4.78, 5) is 2.49. The van der Waals surface area contributed by atoms with Crippen LogP contribution < -0.4 is 21.3 Å². The number of fused-ring (bicyclic) bond motifs is 10. The van der Waals surface area contributed by atoms with Crippen molar-refractivity contribution < 1.29 is 0 Å². The number of anilines is 3. The highest BCUT2D eigenvalue weighted by atomic mass is 32.1. The molecule has 0 bridgehead atoms. The maximum Gasteiger partial charge on any atom is 0.248 e. The lowest BCUT2D eigenvalue weighted by atomic mass is 9.33. The fourth-order valence-corrected chi connectivity index (χ4v) is 15.3. The molecule has 5 heterocycles. The van der Waals surface area contributed by atoms with Gasteiger partial charge in [0.15, 0.2) is 0 Å². The van der Waals surface area contributed by atoms with Crippen LogP contribution in [0.1, 0.15) is 0 Å². The van der Waals surface area contributed by atoms with E-state index in [9.17, 15) is 0 Å². The minimum absolute atomic E-state index is 0.191. The summed E-state index contributed by atoms with van der Waals surface area (Å²) >= 11 is 25.3. The van der Waals surface area contributed by atoms with Crippen LogP contribution in [0.15, 0.2) is 267 Å². The zero-order chi connectivity index (χ0) is 55.9. The number of para-hydroxylation sites is 5. The van der Waals surface area contributed by atoms with Gasteiger partial charge in [-0.1, -0.05) is 261 Å². The lowest BCUT2D eigenvalue weighted by Crippen LogP contribution is -2.58. The normalized spacial score (nSPS) is 12.4. The maximum absolute atomic E-state index is 6.50. The van der Waals surface area contributed by atoms with Crippen molar-refractivity contribution in [3.05, 3.63) is 285 Å². The Bertz CT molecular complexity index is 5400. The molecule has 17 rings (SSSR count). The molecule has 84 heavy (non-hydrogen) atoms. The SMILES string of the molecule is S=c1c2ccccc2n2c3ccc(-c4ccc5c(c4)N(c4ccccc4)c4cc(-c6ccc7c(c6)c(=S)c6cccc8c(=S)c9ccccc9n7c86)ccc4B5c4c(-c5ccccc5)cccc4-c4ccccc4)cc3c(=S)c3cccc1c32. The van der Waals surface area contributed by atoms with Crippen LogP contribution in [-0.4, -0.2) is 15.5 Å². The summed E-state index contributed by atoms with van der Waals surface area (Å²) in [6.07, 6.45) is 0. The smallest absolute Gasteiger partial charge is 0.248 e. The Morgan fingerprint density at radius 2 is 0.607 bits per heavy atom. The molecule has 0 spiro atoms. The van der Waals surface area contributed by atoms with Crippen LogP contribution in [0.2, 0.25) is 0 Å². The molecule has 390 valence electrons. The molecule has 0 saturated heterocycles. The van der Waals surface area contributed by atoms with Crippen LogP contribution in [0, 0.1) is 18.0 Å². The van der Waals surface area contributed by atoms with Gasteiger partial charge in [-0.15, -0.1) is 0 Å². The van der Waals surface area contributed by atoms with Gasteiger partial charge in [0.05, 0.1) is 51.1 Å². The predicted molar refractivity (Wildman–Crippen MR) is 367 cm³/mol. The van der Waals surface area contributed by atoms with E-state index in [1.807, 2.05) is 0 Å². The standard InChI is InChI=1S/C76H44BN3S4/c81-73-54-23-10-12-31-64(54)79-66-39-35-47(41-60(66)75(83)58-29-15-27-56(73)71(58)79)49-33-37-62-68(43-49)78(51-21-8-3-9-22-51)69-44-50(34-38-63(69)77(62)70-52(45-17-4-1-5-18-45)25-14-26-53(70)46-19-6-2-7-20-46)48-36-40-67-61(42-48)76(84)59-30-16-28-57-72(59)80(67)65-32-13-11-24-55(65)74(57)82/h1-44H. The first-order chi connectivity index (χ1) is 41.4. The lowest BCUT2D eigenvalue weighted by Gasteiger charge is -2.38. The Morgan fingerprint density at radius 1 is 0.262 bits per heavy atom. The molecule has 16 aromatic rings. The topological polar surface area (TPSA) is 12.1 Å². The van der Waals surface area contributed by atoms with Crippen molar-refractivity contribution in [1.29, 1.82) is 0 Å². The molecule has 0 aliphatic carbocycles. The van der Waals surface area contributed by atoms with Gasteiger partial charge in [0.2, 0.25) is 6.71 Å². The third-order valence-electron chi connectivity index (χ3n) is 17.7. The van der Waals surface area contributed by atoms with Gasteiger partial charge in [0.1, 0.15) is 0 Å². The second-order valence-electron chi connectivity index (χ2n) is 22.0. The number of nitrogens with zero attached hydrogens (tertiary/aromatic N) is 3. The Hall–Kier alpha value is -9.54. The molecule has 1 aliphatic heterocycles. The molecule has 3 nitrogen and oxygen atoms in total. The largest absolute Gasteiger partial charge is 0.311 e. The van der Waals surface area contributed by atoms with Crippen molar-refractivity contribution >= 4 is 165 Å². The van der Waals surface area contributed by atoms with E-state index in [-0.39, 0.29) is 6.71 Å². The first-order valence-corrected chi connectivity index (χ1v) is 29.9. The number of aromatic nitrogens is 2. The molecule has 0 atom stereocenters. The Morgan fingerprint density at radius 3 is 1.06 bits per heavy atom. The van der Waals surface area contributed by atoms with Crippen molar-refractivity contribution in [3.8, 4) is 44.5 Å². The molecule has 0 amide bonds. The van der Waals surface area contributed by atoms with Crippen LogP contribution in [0.5, 0.6) is 0 Å². The molecular weight excluding hydrogens is 1090 g/mol. The monoisotopic (exact) mass is 1140 g/mol. The number of hydrogen-bond acceptors (Lipinski definition) is 5. The highest BCUT2D eigenvalue weighted by Crippen LogP contribution is 2.43. The summed E-state index contributed by atoms with van der Waals surface area (Å²) in [6, 6.07) is 97.0. The van der Waals surface area contributed by atoms with Gasteiger partial charge in [-0.2, -0.15) is 0 Å². The zero-order valence-electron chi connectivity index (χ0n) is 45.0. The number of pyridine rings is 4. The van der Waals surface area contributed by atoms with E-state index >= 15 is 0 Å².